The lowest BCUT2D eigenvalue weighted by molar-refractivity contribution is 0.0525. The largest absolute Gasteiger partial charge is 0.462 e. The van der Waals surface area contributed by atoms with Crippen LogP contribution in [0.4, 0.5) is 0 Å². The van der Waals surface area contributed by atoms with Gasteiger partial charge in [-0.05, 0) is 53.6 Å². The number of hydrogen-bond acceptors (Lipinski definition) is 3. The monoisotopic (exact) mass is 329 g/mol. The van der Waals surface area contributed by atoms with Crippen LogP contribution in [0.3, 0.4) is 0 Å². The van der Waals surface area contributed by atoms with Crippen molar-refractivity contribution in [3.8, 4) is 6.07 Å². The molecule has 0 aromatic heterocycles. The van der Waals surface area contributed by atoms with Gasteiger partial charge in [-0.2, -0.15) is 5.26 Å². The fourth-order valence-electron chi connectivity index (χ4n) is 1.44. The second-order valence-electron chi connectivity index (χ2n) is 3.14. The Morgan fingerprint density at radius 2 is 2.19 bits per heavy atom. The molecule has 0 heterocycles. The smallest absolute Gasteiger partial charge is 0.339 e. The quantitative estimate of drug-likeness (QED) is 0.633. The normalized spacial score (nSPS) is 9.62. The summed E-state index contributed by atoms with van der Waals surface area (Å²) < 4.78 is 5.77. The molecule has 3 nitrogen and oxygen atoms in total. The van der Waals surface area contributed by atoms with Crippen molar-refractivity contribution >= 4 is 28.6 Å². The van der Waals surface area contributed by atoms with Crippen LogP contribution in [0.2, 0.25) is 0 Å². The van der Waals surface area contributed by atoms with E-state index < -0.39 is 0 Å². The lowest BCUT2D eigenvalue weighted by Gasteiger charge is -2.09. The first-order chi connectivity index (χ1) is 7.65. The molecule has 1 aromatic rings. The van der Waals surface area contributed by atoms with Crippen LogP contribution in [0.5, 0.6) is 0 Å². The SMILES string of the molecule is CCOC(=O)c1ccc(C#N)c(CC)c1I. The van der Waals surface area contributed by atoms with E-state index in [1.165, 1.54) is 0 Å². The van der Waals surface area contributed by atoms with Gasteiger partial charge in [-0.1, -0.05) is 6.92 Å². The van der Waals surface area contributed by atoms with Crippen molar-refractivity contribution in [1.29, 1.82) is 5.26 Å². The van der Waals surface area contributed by atoms with Gasteiger partial charge in [0.15, 0.2) is 0 Å². The zero-order valence-electron chi connectivity index (χ0n) is 9.21. The second kappa shape index (κ2) is 5.85. The molecule has 0 saturated carbocycles. The zero-order valence-corrected chi connectivity index (χ0v) is 11.4. The van der Waals surface area contributed by atoms with Gasteiger partial charge in [-0.25, -0.2) is 4.79 Å². The number of ether oxygens (including phenoxy) is 1. The molecule has 0 aliphatic heterocycles. The van der Waals surface area contributed by atoms with Crippen LogP contribution >= 0.6 is 22.6 Å². The van der Waals surface area contributed by atoms with Crippen LogP contribution in [0, 0.1) is 14.9 Å². The van der Waals surface area contributed by atoms with E-state index in [1.54, 1.807) is 19.1 Å². The Hall–Kier alpha value is -1.09. The Morgan fingerprint density at radius 1 is 1.50 bits per heavy atom. The van der Waals surface area contributed by atoms with Crippen molar-refractivity contribution in [2.45, 2.75) is 20.3 Å². The molecule has 0 aliphatic carbocycles. The minimum absolute atomic E-state index is 0.328. The molecular formula is C12H12INO2. The van der Waals surface area contributed by atoms with Crippen LogP contribution in [-0.2, 0) is 11.2 Å². The Bertz CT molecular complexity index is 449. The van der Waals surface area contributed by atoms with Gasteiger partial charge < -0.3 is 4.74 Å². The maximum atomic E-state index is 11.6. The molecule has 1 aromatic carbocycles. The number of nitriles is 1. The first-order valence-corrected chi connectivity index (χ1v) is 6.12. The van der Waals surface area contributed by atoms with E-state index in [2.05, 4.69) is 28.7 Å². The number of halogens is 1. The summed E-state index contributed by atoms with van der Waals surface area (Å²) >= 11 is 2.09. The molecule has 0 spiro atoms. The van der Waals surface area contributed by atoms with Crippen LogP contribution in [0.25, 0.3) is 0 Å². The maximum Gasteiger partial charge on any atom is 0.339 e. The molecule has 1 rings (SSSR count). The van der Waals surface area contributed by atoms with Gasteiger partial charge in [0.1, 0.15) is 0 Å². The lowest BCUT2D eigenvalue weighted by Crippen LogP contribution is -2.09. The average Bonchev–Trinajstić information content (AvgIpc) is 2.28. The number of rotatable bonds is 3. The third-order valence-electron chi connectivity index (χ3n) is 2.21. The summed E-state index contributed by atoms with van der Waals surface area (Å²) in [6, 6.07) is 5.45. The highest BCUT2D eigenvalue weighted by Crippen LogP contribution is 2.22. The van der Waals surface area contributed by atoms with Gasteiger partial charge in [0, 0.05) is 3.57 Å². The van der Waals surface area contributed by atoms with Crippen molar-refractivity contribution in [1.82, 2.24) is 0 Å². The summed E-state index contributed by atoms with van der Waals surface area (Å²) in [6.07, 6.45) is 0.731. The number of benzene rings is 1. The first kappa shape index (κ1) is 13.0. The van der Waals surface area contributed by atoms with Crippen LogP contribution in [0.1, 0.15) is 35.3 Å². The van der Waals surface area contributed by atoms with E-state index in [9.17, 15) is 4.79 Å². The Labute approximate surface area is 109 Å². The van der Waals surface area contributed by atoms with Gasteiger partial charge in [0.05, 0.1) is 23.8 Å². The third kappa shape index (κ3) is 2.53. The van der Waals surface area contributed by atoms with E-state index in [-0.39, 0.29) is 5.97 Å². The van der Waals surface area contributed by atoms with Crippen molar-refractivity contribution in [3.63, 3.8) is 0 Å². The summed E-state index contributed by atoms with van der Waals surface area (Å²) in [7, 11) is 0. The maximum absolute atomic E-state index is 11.6. The minimum atomic E-state index is -0.328. The van der Waals surface area contributed by atoms with Crippen molar-refractivity contribution in [2.24, 2.45) is 0 Å². The fourth-order valence-corrected chi connectivity index (χ4v) is 2.51. The summed E-state index contributed by atoms with van der Waals surface area (Å²) in [5, 5.41) is 8.94. The predicted molar refractivity (Wildman–Crippen MR) is 69.2 cm³/mol. The Morgan fingerprint density at radius 3 is 2.69 bits per heavy atom. The van der Waals surface area contributed by atoms with E-state index in [0.29, 0.717) is 17.7 Å². The number of esters is 1. The number of nitrogens with zero attached hydrogens (tertiary/aromatic N) is 1. The van der Waals surface area contributed by atoms with Gasteiger partial charge in [-0.15, -0.1) is 0 Å². The molecule has 0 N–H and O–H groups in total. The highest BCUT2D eigenvalue weighted by molar-refractivity contribution is 14.1. The summed E-state index contributed by atoms with van der Waals surface area (Å²) in [5.41, 5.74) is 2.08. The van der Waals surface area contributed by atoms with E-state index in [0.717, 1.165) is 15.6 Å². The molecule has 4 heteroatoms. The molecule has 0 aliphatic rings. The number of carbonyl (C=O) groups is 1. The summed E-state index contributed by atoms with van der Waals surface area (Å²) in [6.45, 7) is 4.10. The van der Waals surface area contributed by atoms with Gasteiger partial charge in [0.25, 0.3) is 0 Å². The topological polar surface area (TPSA) is 50.1 Å². The fraction of sp³-hybridized carbons (Fsp3) is 0.333. The molecule has 84 valence electrons. The molecule has 0 atom stereocenters. The molecule has 0 saturated heterocycles. The standard InChI is InChI=1S/C12H12INO2/c1-3-9-8(7-14)5-6-10(11(9)13)12(15)16-4-2/h5-6H,3-4H2,1-2H3. The molecule has 16 heavy (non-hydrogen) atoms. The highest BCUT2D eigenvalue weighted by Gasteiger charge is 2.15. The van der Waals surface area contributed by atoms with Gasteiger partial charge in [0.2, 0.25) is 0 Å². The van der Waals surface area contributed by atoms with E-state index in [4.69, 9.17) is 10.00 Å². The van der Waals surface area contributed by atoms with Crippen LogP contribution in [0.15, 0.2) is 12.1 Å². The first-order valence-electron chi connectivity index (χ1n) is 5.04. The third-order valence-corrected chi connectivity index (χ3v) is 3.44. The Kier molecular flexibility index (Phi) is 4.74. The van der Waals surface area contributed by atoms with Crippen LogP contribution in [-0.4, -0.2) is 12.6 Å². The minimum Gasteiger partial charge on any atom is -0.462 e. The van der Waals surface area contributed by atoms with Gasteiger partial charge in [-0.3, -0.25) is 0 Å². The van der Waals surface area contributed by atoms with Gasteiger partial charge >= 0.3 is 5.97 Å². The van der Waals surface area contributed by atoms with Crippen molar-refractivity contribution < 1.29 is 9.53 Å². The van der Waals surface area contributed by atoms with Crippen molar-refractivity contribution in [3.05, 3.63) is 32.4 Å². The molecular weight excluding hydrogens is 317 g/mol. The van der Waals surface area contributed by atoms with Crippen molar-refractivity contribution in [2.75, 3.05) is 6.61 Å². The highest BCUT2D eigenvalue weighted by atomic mass is 127. The number of carbonyl (C=O) groups excluding carboxylic acids is 1. The second-order valence-corrected chi connectivity index (χ2v) is 4.22. The Balaban J connectivity index is 3.25. The average molecular weight is 329 g/mol. The van der Waals surface area contributed by atoms with Crippen LogP contribution < -0.4 is 0 Å². The summed E-state index contributed by atoms with van der Waals surface area (Å²) in [4.78, 5) is 11.6. The summed E-state index contributed by atoms with van der Waals surface area (Å²) in [5.74, 6) is -0.328. The number of hydrogen-bond donors (Lipinski definition) is 0. The molecule has 0 unspecified atom stereocenters. The molecule has 0 fully saturated rings. The molecule has 0 radical (unpaired) electrons. The lowest BCUT2D eigenvalue weighted by atomic mass is 10.0. The molecule has 0 amide bonds. The zero-order chi connectivity index (χ0) is 12.1. The predicted octanol–water partition coefficient (Wildman–Crippen LogP) is 2.90. The van der Waals surface area contributed by atoms with E-state index >= 15 is 0 Å². The molecule has 0 bridgehead atoms. The van der Waals surface area contributed by atoms with E-state index in [1.807, 2.05) is 6.92 Å².